The second-order valence-electron chi connectivity index (χ2n) is 7.82. The maximum Gasteiger partial charge on any atom is 0.223 e. The Bertz CT molecular complexity index is 378. The van der Waals surface area contributed by atoms with Gasteiger partial charge in [-0.25, -0.2) is 0 Å². The van der Waals surface area contributed by atoms with Crippen LogP contribution in [0.1, 0.15) is 39.0 Å². The Kier molecular flexibility index (Phi) is 3.79. The van der Waals surface area contributed by atoms with Crippen molar-refractivity contribution in [1.29, 1.82) is 0 Å². The van der Waals surface area contributed by atoms with Crippen molar-refractivity contribution in [3.63, 3.8) is 0 Å². The maximum atomic E-state index is 12.4. The Morgan fingerprint density at radius 1 is 1.30 bits per heavy atom. The molecule has 1 aliphatic heterocycles. The zero-order chi connectivity index (χ0) is 13.0. The number of fused-ring (bicyclic) bond motifs is 5. The van der Waals surface area contributed by atoms with Crippen LogP contribution in [0.25, 0.3) is 0 Å². The first-order valence-corrected chi connectivity index (χ1v) is 8.16. The van der Waals surface area contributed by atoms with Gasteiger partial charge in [0.25, 0.3) is 0 Å². The van der Waals surface area contributed by atoms with Gasteiger partial charge >= 0.3 is 0 Å². The highest BCUT2D eigenvalue weighted by atomic mass is 35.5. The lowest BCUT2D eigenvalue weighted by Gasteiger charge is -2.34. The third-order valence-electron chi connectivity index (χ3n) is 6.41. The van der Waals surface area contributed by atoms with Crippen LogP contribution in [0.2, 0.25) is 0 Å². The molecule has 20 heavy (non-hydrogen) atoms. The summed E-state index contributed by atoms with van der Waals surface area (Å²) in [5.74, 6) is 4.12. The molecule has 3 aliphatic carbocycles. The normalized spacial score (nSPS) is 48.4. The lowest BCUT2D eigenvalue weighted by molar-refractivity contribution is -0.123. The number of hydrogen-bond donors (Lipinski definition) is 2. The fraction of sp³-hybridized carbons (Fsp3) is 0.938. The summed E-state index contributed by atoms with van der Waals surface area (Å²) in [5, 5.41) is 6.73. The fourth-order valence-corrected chi connectivity index (χ4v) is 5.36. The standard InChI is InChI=1S/C16H26N2O.ClH/c1-16(5-2-6-17-8-16)9-18-15(19)14-12-10-3-4-11(7-10)13(12)14;/h10-14,17H,2-9H2,1H3,(H,18,19);1H. The van der Waals surface area contributed by atoms with E-state index in [1.54, 1.807) is 0 Å². The van der Waals surface area contributed by atoms with E-state index in [0.29, 0.717) is 11.8 Å². The van der Waals surface area contributed by atoms with Crippen LogP contribution < -0.4 is 10.6 Å². The maximum absolute atomic E-state index is 12.4. The van der Waals surface area contributed by atoms with Crippen molar-refractivity contribution in [2.45, 2.75) is 39.0 Å². The minimum absolute atomic E-state index is 0. The van der Waals surface area contributed by atoms with Gasteiger partial charge in [0.05, 0.1) is 0 Å². The summed E-state index contributed by atoms with van der Waals surface area (Å²) >= 11 is 0. The van der Waals surface area contributed by atoms with Gasteiger partial charge in [-0.15, -0.1) is 12.4 Å². The Morgan fingerprint density at radius 3 is 2.60 bits per heavy atom. The van der Waals surface area contributed by atoms with Crippen molar-refractivity contribution in [3.8, 4) is 0 Å². The molecule has 3 nitrogen and oxygen atoms in total. The molecule has 1 amide bonds. The number of carbonyl (C=O) groups excluding carboxylic acids is 1. The highest BCUT2D eigenvalue weighted by molar-refractivity contribution is 5.85. The number of nitrogens with one attached hydrogen (secondary N) is 2. The van der Waals surface area contributed by atoms with Crippen LogP contribution in [0.5, 0.6) is 0 Å². The van der Waals surface area contributed by atoms with Crippen LogP contribution in [0, 0.1) is 35.0 Å². The Hall–Kier alpha value is -0.280. The van der Waals surface area contributed by atoms with E-state index in [1.807, 2.05) is 0 Å². The van der Waals surface area contributed by atoms with Gasteiger partial charge in [-0.1, -0.05) is 6.92 Å². The molecule has 3 saturated carbocycles. The molecule has 5 atom stereocenters. The monoisotopic (exact) mass is 298 g/mol. The van der Waals surface area contributed by atoms with Crippen molar-refractivity contribution in [2.75, 3.05) is 19.6 Å². The van der Waals surface area contributed by atoms with Crippen molar-refractivity contribution in [3.05, 3.63) is 0 Å². The second kappa shape index (κ2) is 5.17. The van der Waals surface area contributed by atoms with E-state index in [2.05, 4.69) is 17.6 Å². The van der Waals surface area contributed by atoms with Gasteiger partial charge in [0, 0.05) is 19.0 Å². The zero-order valence-corrected chi connectivity index (χ0v) is 13.2. The molecular formula is C16H27ClN2O. The summed E-state index contributed by atoms with van der Waals surface area (Å²) in [6.45, 7) is 5.36. The summed E-state index contributed by atoms with van der Waals surface area (Å²) in [7, 11) is 0. The van der Waals surface area contributed by atoms with E-state index in [1.165, 1.54) is 32.1 Å². The molecule has 4 heteroatoms. The average Bonchev–Trinajstić information content (AvgIpc) is 2.85. The lowest BCUT2D eigenvalue weighted by atomic mass is 9.82. The van der Waals surface area contributed by atoms with Crippen molar-refractivity contribution >= 4 is 18.3 Å². The lowest BCUT2D eigenvalue weighted by Crippen LogP contribution is -2.46. The van der Waals surface area contributed by atoms with E-state index in [9.17, 15) is 4.79 Å². The minimum atomic E-state index is 0. The van der Waals surface area contributed by atoms with Crippen LogP contribution >= 0.6 is 12.4 Å². The number of hydrogen-bond acceptors (Lipinski definition) is 2. The summed E-state index contributed by atoms with van der Waals surface area (Å²) < 4.78 is 0. The minimum Gasteiger partial charge on any atom is -0.355 e. The molecule has 2 N–H and O–H groups in total. The number of amides is 1. The van der Waals surface area contributed by atoms with Gasteiger partial charge < -0.3 is 10.6 Å². The second-order valence-corrected chi connectivity index (χ2v) is 7.82. The number of halogens is 1. The summed E-state index contributed by atoms with van der Waals surface area (Å²) in [6, 6.07) is 0. The smallest absolute Gasteiger partial charge is 0.223 e. The predicted molar refractivity (Wildman–Crippen MR) is 81.8 cm³/mol. The van der Waals surface area contributed by atoms with Crippen LogP contribution in [0.4, 0.5) is 0 Å². The van der Waals surface area contributed by atoms with Crippen LogP contribution in [0.15, 0.2) is 0 Å². The van der Waals surface area contributed by atoms with Crippen molar-refractivity contribution in [2.24, 2.45) is 35.0 Å². The predicted octanol–water partition coefficient (Wildman–Crippen LogP) is 2.21. The molecule has 0 spiro atoms. The molecule has 2 bridgehead atoms. The number of rotatable bonds is 3. The number of carbonyl (C=O) groups is 1. The van der Waals surface area contributed by atoms with E-state index in [-0.39, 0.29) is 17.8 Å². The highest BCUT2D eigenvalue weighted by Crippen LogP contribution is 2.69. The third-order valence-corrected chi connectivity index (χ3v) is 6.41. The van der Waals surface area contributed by atoms with E-state index < -0.39 is 0 Å². The Labute approximate surface area is 128 Å². The van der Waals surface area contributed by atoms with Crippen LogP contribution in [-0.2, 0) is 4.79 Å². The Morgan fingerprint density at radius 2 is 2.00 bits per heavy atom. The first-order valence-electron chi connectivity index (χ1n) is 8.16. The molecule has 4 rings (SSSR count). The van der Waals surface area contributed by atoms with Crippen LogP contribution in [-0.4, -0.2) is 25.5 Å². The molecule has 5 unspecified atom stereocenters. The molecular weight excluding hydrogens is 272 g/mol. The van der Waals surface area contributed by atoms with Gasteiger partial charge in [-0.05, 0) is 67.7 Å². The first kappa shape index (κ1) is 14.6. The van der Waals surface area contributed by atoms with Crippen molar-refractivity contribution < 1.29 is 4.79 Å². The van der Waals surface area contributed by atoms with Gasteiger partial charge in [-0.3, -0.25) is 4.79 Å². The van der Waals surface area contributed by atoms with Gasteiger partial charge in [0.15, 0.2) is 0 Å². The molecule has 0 aromatic rings. The molecule has 114 valence electrons. The number of piperidine rings is 1. The quantitative estimate of drug-likeness (QED) is 0.839. The third kappa shape index (κ3) is 2.27. The van der Waals surface area contributed by atoms with E-state index in [4.69, 9.17) is 0 Å². The molecule has 1 saturated heterocycles. The highest BCUT2D eigenvalue weighted by Gasteiger charge is 2.67. The van der Waals surface area contributed by atoms with Gasteiger partial charge in [0.2, 0.25) is 5.91 Å². The Balaban J connectivity index is 0.00000121. The van der Waals surface area contributed by atoms with Crippen molar-refractivity contribution in [1.82, 2.24) is 10.6 Å². The van der Waals surface area contributed by atoms with Crippen LogP contribution in [0.3, 0.4) is 0 Å². The van der Waals surface area contributed by atoms with Gasteiger partial charge in [0.1, 0.15) is 0 Å². The van der Waals surface area contributed by atoms with E-state index >= 15 is 0 Å². The van der Waals surface area contributed by atoms with E-state index in [0.717, 1.165) is 43.3 Å². The molecule has 0 radical (unpaired) electrons. The molecule has 4 aliphatic rings. The molecule has 0 aromatic carbocycles. The molecule has 4 fully saturated rings. The fourth-order valence-electron chi connectivity index (χ4n) is 5.36. The van der Waals surface area contributed by atoms with Gasteiger partial charge in [-0.2, -0.15) is 0 Å². The SMILES string of the molecule is CC1(CNC(=O)C2C3C4CCC(C4)C23)CCCNC1.Cl. The summed E-state index contributed by atoms with van der Waals surface area (Å²) in [5.41, 5.74) is 0.275. The largest absolute Gasteiger partial charge is 0.355 e. The zero-order valence-electron chi connectivity index (χ0n) is 12.4. The summed E-state index contributed by atoms with van der Waals surface area (Å²) in [4.78, 5) is 12.4. The average molecular weight is 299 g/mol. The first-order chi connectivity index (χ1) is 9.18. The topological polar surface area (TPSA) is 41.1 Å². The molecule has 1 heterocycles. The molecule has 0 aromatic heterocycles. The summed E-state index contributed by atoms with van der Waals surface area (Å²) in [6.07, 6.45) is 6.71.